The number of dihydropyridines is 1. The zero-order valence-electron chi connectivity index (χ0n) is 26.3. The number of rotatable bonds is 8. The van der Waals surface area contributed by atoms with E-state index in [0.717, 1.165) is 11.1 Å². The van der Waals surface area contributed by atoms with Gasteiger partial charge in [0.15, 0.2) is 23.2 Å². The normalized spacial score (nSPS) is 17.5. The van der Waals surface area contributed by atoms with Crippen LogP contribution in [0, 0.1) is 30.2 Å². The number of hydrogen-bond acceptors (Lipinski definition) is 6. The summed E-state index contributed by atoms with van der Waals surface area (Å²) in [6, 6.07) is 18.1. The van der Waals surface area contributed by atoms with Crippen molar-refractivity contribution in [2.45, 2.75) is 45.1 Å². The molecule has 7 nitrogen and oxygen atoms in total. The van der Waals surface area contributed by atoms with Crippen LogP contribution in [-0.4, -0.2) is 23.8 Å². The van der Waals surface area contributed by atoms with Crippen molar-refractivity contribution in [2.24, 2.45) is 0 Å². The first-order valence-electron chi connectivity index (χ1n) is 15.2. The number of ketones is 1. The molecule has 0 bridgehead atoms. The third kappa shape index (κ3) is 6.27. The predicted molar refractivity (Wildman–Crippen MR) is 170 cm³/mol. The Labute approximate surface area is 274 Å². The van der Waals surface area contributed by atoms with Crippen molar-refractivity contribution in [3.05, 3.63) is 141 Å². The number of carbonyl (C=O) groups is 2. The average Bonchev–Trinajstić information content (AvgIpc) is 3.08. The maximum Gasteiger partial charge on any atom is 0.255 e. The molecule has 11 heteroatoms. The molecule has 0 saturated heterocycles. The van der Waals surface area contributed by atoms with Gasteiger partial charge in [-0.25, -0.2) is 13.8 Å². The summed E-state index contributed by atoms with van der Waals surface area (Å²) in [6.07, 6.45) is 2.35. The SMILES string of the molecule is COc1ccc([C@H]2C(C(=O)Nc3ccc(C)cn3)=C(C)NC3=C2C(=O)C[C@H](c2ccccc2)C3)cc1COc1c(F)c(F)cc(F)c1F. The highest BCUT2D eigenvalue weighted by Crippen LogP contribution is 2.46. The lowest BCUT2D eigenvalue weighted by Gasteiger charge is -2.37. The van der Waals surface area contributed by atoms with Gasteiger partial charge in [0.2, 0.25) is 11.6 Å². The molecule has 48 heavy (non-hydrogen) atoms. The number of aromatic nitrogens is 1. The molecule has 4 aromatic rings. The molecule has 246 valence electrons. The van der Waals surface area contributed by atoms with Gasteiger partial charge in [0, 0.05) is 52.7 Å². The number of ether oxygens (including phenoxy) is 2. The Hall–Kier alpha value is -5.45. The zero-order chi connectivity index (χ0) is 34.1. The van der Waals surface area contributed by atoms with E-state index in [-0.39, 0.29) is 41.1 Å². The summed E-state index contributed by atoms with van der Waals surface area (Å²) in [7, 11) is 1.37. The van der Waals surface area contributed by atoms with E-state index in [9.17, 15) is 27.2 Å². The van der Waals surface area contributed by atoms with Crippen LogP contribution in [0.3, 0.4) is 0 Å². The summed E-state index contributed by atoms with van der Waals surface area (Å²) < 4.78 is 67.3. The fourth-order valence-corrected chi connectivity index (χ4v) is 6.28. The Balaban J connectivity index is 1.42. The number of allylic oxidation sites excluding steroid dienone is 3. The lowest BCUT2D eigenvalue weighted by Crippen LogP contribution is -2.37. The number of carbonyl (C=O) groups excluding carboxylic acids is 2. The molecule has 2 N–H and O–H groups in total. The van der Waals surface area contributed by atoms with Crippen LogP contribution in [0.2, 0.25) is 0 Å². The van der Waals surface area contributed by atoms with Gasteiger partial charge in [0.1, 0.15) is 18.2 Å². The van der Waals surface area contributed by atoms with Gasteiger partial charge in [0.05, 0.1) is 7.11 Å². The van der Waals surface area contributed by atoms with Gasteiger partial charge in [-0.15, -0.1) is 0 Å². The highest BCUT2D eigenvalue weighted by atomic mass is 19.2. The molecular formula is C37H31F4N3O4. The molecule has 3 aromatic carbocycles. The van der Waals surface area contributed by atoms with E-state index in [4.69, 9.17) is 9.47 Å². The van der Waals surface area contributed by atoms with E-state index < -0.39 is 47.5 Å². The number of nitrogens with zero attached hydrogens (tertiary/aromatic N) is 1. The Morgan fingerprint density at radius 2 is 1.67 bits per heavy atom. The largest absolute Gasteiger partial charge is 0.496 e. The molecule has 2 heterocycles. The van der Waals surface area contributed by atoms with Gasteiger partial charge in [-0.05, 0) is 61.1 Å². The van der Waals surface area contributed by atoms with Gasteiger partial charge >= 0.3 is 0 Å². The molecule has 6 rings (SSSR count). The number of Topliss-reactive ketones (excluding diaryl/α,β-unsaturated/α-hetero) is 1. The molecule has 0 spiro atoms. The van der Waals surface area contributed by atoms with Gasteiger partial charge in [-0.3, -0.25) is 9.59 Å². The quantitative estimate of drug-likeness (QED) is 0.150. The maximum absolute atomic E-state index is 14.4. The summed E-state index contributed by atoms with van der Waals surface area (Å²) in [5.74, 6) is -8.82. The minimum Gasteiger partial charge on any atom is -0.496 e. The fraction of sp³-hybridized carbons (Fsp3) is 0.216. The second kappa shape index (κ2) is 13.3. The number of aryl methyl sites for hydroxylation is 1. The molecule has 2 atom stereocenters. The minimum absolute atomic E-state index is 0.0816. The first-order valence-corrected chi connectivity index (χ1v) is 15.2. The van der Waals surface area contributed by atoms with Crippen molar-refractivity contribution in [1.29, 1.82) is 0 Å². The Bertz CT molecular complexity index is 1950. The van der Waals surface area contributed by atoms with Crippen molar-refractivity contribution in [1.82, 2.24) is 10.3 Å². The first kappa shape index (κ1) is 32.5. The lowest BCUT2D eigenvalue weighted by molar-refractivity contribution is -0.116. The topological polar surface area (TPSA) is 89.5 Å². The molecular weight excluding hydrogens is 626 g/mol. The monoisotopic (exact) mass is 657 g/mol. The van der Waals surface area contributed by atoms with E-state index in [2.05, 4.69) is 15.6 Å². The van der Waals surface area contributed by atoms with E-state index >= 15 is 0 Å². The number of benzene rings is 3. The second-order valence-corrected chi connectivity index (χ2v) is 11.8. The van der Waals surface area contributed by atoms with Crippen LogP contribution in [0.5, 0.6) is 11.5 Å². The number of methoxy groups -OCH3 is 1. The highest BCUT2D eigenvalue weighted by Gasteiger charge is 2.41. The van der Waals surface area contributed by atoms with Crippen LogP contribution in [0.25, 0.3) is 0 Å². The number of nitrogens with one attached hydrogen (secondary N) is 2. The van der Waals surface area contributed by atoms with Crippen LogP contribution in [0.4, 0.5) is 23.4 Å². The second-order valence-electron chi connectivity index (χ2n) is 11.8. The smallest absolute Gasteiger partial charge is 0.255 e. The molecule has 1 aliphatic heterocycles. The third-order valence-corrected chi connectivity index (χ3v) is 8.58. The minimum atomic E-state index is -1.68. The van der Waals surface area contributed by atoms with Gasteiger partial charge in [-0.2, -0.15) is 8.78 Å². The van der Waals surface area contributed by atoms with Crippen molar-refractivity contribution in [2.75, 3.05) is 12.4 Å². The lowest BCUT2D eigenvalue weighted by atomic mass is 9.71. The van der Waals surface area contributed by atoms with Crippen LogP contribution in [-0.2, 0) is 16.2 Å². The van der Waals surface area contributed by atoms with E-state index in [1.807, 2.05) is 37.3 Å². The van der Waals surface area contributed by atoms with E-state index in [1.54, 1.807) is 43.5 Å². The first-order chi connectivity index (χ1) is 23.0. The molecule has 1 aliphatic carbocycles. The van der Waals surface area contributed by atoms with Crippen molar-refractivity contribution >= 4 is 17.5 Å². The Morgan fingerprint density at radius 1 is 0.938 bits per heavy atom. The molecule has 1 aromatic heterocycles. The highest BCUT2D eigenvalue weighted by molar-refractivity contribution is 6.09. The summed E-state index contributed by atoms with van der Waals surface area (Å²) in [4.78, 5) is 32.3. The fourth-order valence-electron chi connectivity index (χ4n) is 6.28. The number of halogens is 4. The van der Waals surface area contributed by atoms with Gasteiger partial charge in [0.25, 0.3) is 5.91 Å². The summed E-state index contributed by atoms with van der Waals surface area (Å²) in [5.41, 5.74) is 4.55. The van der Waals surface area contributed by atoms with E-state index in [0.29, 0.717) is 34.8 Å². The summed E-state index contributed by atoms with van der Waals surface area (Å²) in [5, 5.41) is 6.17. The van der Waals surface area contributed by atoms with Crippen LogP contribution < -0.4 is 20.1 Å². The van der Waals surface area contributed by atoms with Crippen molar-refractivity contribution in [3.8, 4) is 11.5 Å². The molecule has 1 amide bonds. The number of anilines is 1. The molecule has 0 unspecified atom stereocenters. The summed E-state index contributed by atoms with van der Waals surface area (Å²) >= 11 is 0. The summed E-state index contributed by atoms with van der Waals surface area (Å²) in [6.45, 7) is 3.07. The Morgan fingerprint density at radius 3 is 2.33 bits per heavy atom. The average molecular weight is 658 g/mol. The van der Waals surface area contributed by atoms with Gasteiger partial charge in [-0.1, -0.05) is 42.5 Å². The standard InChI is InChI=1S/C37H31F4N3O4/c1-19-9-12-30(42-17-19)44-37(46)31-20(2)43-27-14-23(21-7-5-4-6-8-21)15-28(45)33(27)32(31)22-10-11-29(47-3)24(13-22)18-48-36-34(40)25(38)16-26(39)35(36)41/h4-13,16-17,23,32,43H,14-15,18H2,1-3H3,(H,42,44,46)/t23-,32+/m1/s1. The van der Waals surface area contributed by atoms with E-state index in [1.165, 1.54) is 7.11 Å². The number of amides is 1. The molecule has 0 radical (unpaired) electrons. The predicted octanol–water partition coefficient (Wildman–Crippen LogP) is 7.53. The van der Waals surface area contributed by atoms with Crippen molar-refractivity contribution < 1.29 is 36.6 Å². The van der Waals surface area contributed by atoms with Crippen molar-refractivity contribution in [3.63, 3.8) is 0 Å². The van der Waals surface area contributed by atoms with Crippen LogP contribution >= 0.6 is 0 Å². The van der Waals surface area contributed by atoms with Gasteiger partial charge < -0.3 is 20.1 Å². The number of pyridine rings is 1. The molecule has 0 saturated carbocycles. The molecule has 0 fully saturated rings. The maximum atomic E-state index is 14.4. The third-order valence-electron chi connectivity index (χ3n) is 8.58. The Kier molecular flexibility index (Phi) is 9.03. The van der Waals surface area contributed by atoms with Crippen LogP contribution in [0.1, 0.15) is 53.9 Å². The molecule has 2 aliphatic rings. The zero-order valence-corrected chi connectivity index (χ0v) is 26.3. The number of hydrogen-bond donors (Lipinski definition) is 2. The van der Waals surface area contributed by atoms with Crippen LogP contribution in [0.15, 0.2) is 95.5 Å².